The summed E-state index contributed by atoms with van der Waals surface area (Å²) in [5, 5.41) is 0. The monoisotopic (exact) mass is 313 g/mol. The number of pyridine rings is 1. The van der Waals surface area contributed by atoms with E-state index in [9.17, 15) is 14.4 Å². The van der Waals surface area contributed by atoms with E-state index in [1.807, 2.05) is 0 Å². The molecule has 0 saturated heterocycles. The number of esters is 2. The lowest BCUT2D eigenvalue weighted by Gasteiger charge is -2.24. The van der Waals surface area contributed by atoms with Crippen molar-refractivity contribution in [3.05, 3.63) is 63.1 Å². The standard InChI is InChI=1S/C17H15NO5/c1-9-7-13-15(16(20)18-9)12(8-14(19)23-13)10-3-5-11(6-4-10)17(21)22-2/h3-7,12H,8H2,1-2H3,(H,18,20)/t12-/m0/s1. The molecule has 0 fully saturated rings. The smallest absolute Gasteiger partial charge is 0.337 e. The second-order valence-corrected chi connectivity index (χ2v) is 5.40. The molecular weight excluding hydrogens is 298 g/mol. The number of hydrogen-bond donors (Lipinski definition) is 1. The van der Waals surface area contributed by atoms with Gasteiger partial charge in [0.1, 0.15) is 5.75 Å². The topological polar surface area (TPSA) is 85.5 Å². The van der Waals surface area contributed by atoms with Crippen LogP contribution in [-0.4, -0.2) is 24.0 Å². The summed E-state index contributed by atoms with van der Waals surface area (Å²) in [6.07, 6.45) is 0.0801. The van der Waals surface area contributed by atoms with Crippen LogP contribution in [0.3, 0.4) is 0 Å². The Labute approximate surface area is 132 Å². The van der Waals surface area contributed by atoms with Crippen molar-refractivity contribution in [2.45, 2.75) is 19.3 Å². The number of carbonyl (C=O) groups excluding carboxylic acids is 2. The number of carbonyl (C=O) groups is 2. The molecule has 1 aromatic carbocycles. The van der Waals surface area contributed by atoms with E-state index >= 15 is 0 Å². The molecule has 0 radical (unpaired) electrons. The molecule has 1 atom stereocenters. The average Bonchev–Trinajstić information content (AvgIpc) is 2.52. The number of nitrogens with one attached hydrogen (secondary N) is 1. The molecule has 23 heavy (non-hydrogen) atoms. The maximum Gasteiger partial charge on any atom is 0.337 e. The molecule has 6 heteroatoms. The Morgan fingerprint density at radius 2 is 1.96 bits per heavy atom. The fourth-order valence-corrected chi connectivity index (χ4v) is 2.77. The summed E-state index contributed by atoms with van der Waals surface area (Å²) < 4.78 is 9.85. The Morgan fingerprint density at radius 1 is 1.26 bits per heavy atom. The molecule has 118 valence electrons. The number of aromatic amines is 1. The predicted octanol–water partition coefficient (Wildman–Crippen LogP) is 1.91. The Hall–Kier alpha value is -2.89. The Balaban J connectivity index is 2.06. The van der Waals surface area contributed by atoms with Gasteiger partial charge in [0, 0.05) is 17.7 Å². The molecule has 1 aliphatic heterocycles. The van der Waals surface area contributed by atoms with Gasteiger partial charge in [-0.2, -0.15) is 0 Å². The van der Waals surface area contributed by atoms with Crippen LogP contribution in [0.2, 0.25) is 0 Å². The Morgan fingerprint density at radius 3 is 2.61 bits per heavy atom. The molecule has 3 rings (SSSR count). The Bertz CT molecular complexity index is 835. The second-order valence-electron chi connectivity index (χ2n) is 5.40. The summed E-state index contributed by atoms with van der Waals surface area (Å²) in [6.45, 7) is 1.73. The fourth-order valence-electron chi connectivity index (χ4n) is 2.77. The number of hydrogen-bond acceptors (Lipinski definition) is 5. The number of fused-ring (bicyclic) bond motifs is 1. The first-order valence-electron chi connectivity index (χ1n) is 7.12. The summed E-state index contributed by atoms with van der Waals surface area (Å²) in [5.74, 6) is -0.926. The predicted molar refractivity (Wildman–Crippen MR) is 81.7 cm³/mol. The maximum atomic E-state index is 12.3. The van der Waals surface area contributed by atoms with Crippen molar-refractivity contribution in [2.24, 2.45) is 0 Å². The summed E-state index contributed by atoms with van der Waals surface area (Å²) in [6, 6.07) is 8.31. The van der Waals surface area contributed by atoms with Crippen LogP contribution >= 0.6 is 0 Å². The largest absolute Gasteiger partial charge is 0.465 e. The third-order valence-corrected chi connectivity index (χ3v) is 3.85. The van der Waals surface area contributed by atoms with Crippen LogP contribution < -0.4 is 10.3 Å². The lowest BCUT2D eigenvalue weighted by molar-refractivity contribution is -0.135. The van der Waals surface area contributed by atoms with Crippen molar-refractivity contribution in [1.29, 1.82) is 0 Å². The molecule has 0 bridgehead atoms. The minimum Gasteiger partial charge on any atom is -0.465 e. The van der Waals surface area contributed by atoms with E-state index in [2.05, 4.69) is 9.72 Å². The minimum absolute atomic E-state index is 0.0801. The molecule has 2 aromatic rings. The summed E-state index contributed by atoms with van der Waals surface area (Å²) in [5.41, 5.74) is 1.97. The van der Waals surface area contributed by atoms with Crippen LogP contribution in [0.15, 0.2) is 35.1 Å². The summed E-state index contributed by atoms with van der Waals surface area (Å²) >= 11 is 0. The number of ether oxygens (including phenoxy) is 2. The number of benzene rings is 1. The van der Waals surface area contributed by atoms with Crippen molar-refractivity contribution in [2.75, 3.05) is 7.11 Å². The third-order valence-electron chi connectivity index (χ3n) is 3.85. The number of aryl methyl sites for hydroxylation is 1. The first-order valence-corrected chi connectivity index (χ1v) is 7.12. The zero-order valence-electron chi connectivity index (χ0n) is 12.7. The van der Waals surface area contributed by atoms with Crippen LogP contribution in [0.25, 0.3) is 0 Å². The fraction of sp³-hybridized carbons (Fsp3) is 0.235. The van der Waals surface area contributed by atoms with Gasteiger partial charge in [-0.1, -0.05) is 12.1 Å². The van der Waals surface area contributed by atoms with E-state index in [-0.39, 0.29) is 17.9 Å². The molecule has 6 nitrogen and oxygen atoms in total. The molecule has 0 aliphatic carbocycles. The van der Waals surface area contributed by atoms with Crippen LogP contribution in [0.1, 0.15) is 39.5 Å². The zero-order valence-corrected chi connectivity index (χ0v) is 12.7. The number of methoxy groups -OCH3 is 1. The highest BCUT2D eigenvalue weighted by Gasteiger charge is 2.31. The molecule has 2 heterocycles. The van der Waals surface area contributed by atoms with Gasteiger partial charge in [0.15, 0.2) is 0 Å². The number of H-pyrrole nitrogens is 1. The second kappa shape index (κ2) is 5.72. The minimum atomic E-state index is -0.437. The van der Waals surface area contributed by atoms with Gasteiger partial charge in [0.25, 0.3) is 5.56 Å². The quantitative estimate of drug-likeness (QED) is 0.856. The van der Waals surface area contributed by atoms with Gasteiger partial charge in [-0.25, -0.2) is 4.79 Å². The van der Waals surface area contributed by atoms with Crippen LogP contribution in [0, 0.1) is 6.92 Å². The molecule has 1 N–H and O–H groups in total. The van der Waals surface area contributed by atoms with Gasteiger partial charge >= 0.3 is 11.9 Å². The SMILES string of the molecule is COC(=O)c1ccc([C@@H]2CC(=O)Oc3cc(C)[nH]c(=O)c32)cc1. The highest BCUT2D eigenvalue weighted by Crippen LogP contribution is 2.36. The van der Waals surface area contributed by atoms with E-state index in [4.69, 9.17) is 4.74 Å². The lowest BCUT2D eigenvalue weighted by atomic mass is 9.86. The van der Waals surface area contributed by atoms with Gasteiger partial charge in [-0.05, 0) is 24.6 Å². The van der Waals surface area contributed by atoms with Gasteiger partial charge in [-0.15, -0.1) is 0 Å². The van der Waals surface area contributed by atoms with Gasteiger partial charge in [0.2, 0.25) is 0 Å². The van der Waals surface area contributed by atoms with Crippen molar-refractivity contribution >= 4 is 11.9 Å². The highest BCUT2D eigenvalue weighted by atomic mass is 16.5. The third kappa shape index (κ3) is 2.75. The van der Waals surface area contributed by atoms with E-state index < -0.39 is 11.9 Å². The first-order chi connectivity index (χ1) is 11.0. The van der Waals surface area contributed by atoms with E-state index in [0.717, 1.165) is 5.56 Å². The van der Waals surface area contributed by atoms with Gasteiger partial charge < -0.3 is 14.5 Å². The molecule has 0 amide bonds. The van der Waals surface area contributed by atoms with Crippen LogP contribution in [0.4, 0.5) is 0 Å². The van der Waals surface area contributed by atoms with Crippen molar-refractivity contribution in [3.63, 3.8) is 0 Å². The first kappa shape index (κ1) is 15.0. The van der Waals surface area contributed by atoms with Crippen LogP contribution in [0.5, 0.6) is 5.75 Å². The summed E-state index contributed by atoms with van der Waals surface area (Å²) in [7, 11) is 1.31. The van der Waals surface area contributed by atoms with Crippen molar-refractivity contribution in [3.8, 4) is 5.75 Å². The molecule has 0 saturated carbocycles. The van der Waals surface area contributed by atoms with Gasteiger partial charge in [0.05, 0.1) is 24.7 Å². The highest BCUT2D eigenvalue weighted by molar-refractivity contribution is 5.89. The lowest BCUT2D eigenvalue weighted by Crippen LogP contribution is -2.28. The van der Waals surface area contributed by atoms with E-state index in [1.165, 1.54) is 7.11 Å². The van der Waals surface area contributed by atoms with Crippen molar-refractivity contribution in [1.82, 2.24) is 4.98 Å². The normalized spacial score (nSPS) is 16.4. The van der Waals surface area contributed by atoms with Crippen LogP contribution in [-0.2, 0) is 9.53 Å². The molecular formula is C17H15NO5. The number of aromatic nitrogens is 1. The average molecular weight is 313 g/mol. The van der Waals surface area contributed by atoms with E-state index in [1.54, 1.807) is 37.3 Å². The van der Waals surface area contributed by atoms with Crippen molar-refractivity contribution < 1.29 is 19.1 Å². The van der Waals surface area contributed by atoms with Gasteiger partial charge in [-0.3, -0.25) is 9.59 Å². The molecule has 1 aromatic heterocycles. The zero-order chi connectivity index (χ0) is 16.6. The molecule has 0 spiro atoms. The maximum absolute atomic E-state index is 12.3. The summed E-state index contributed by atoms with van der Waals surface area (Å²) in [4.78, 5) is 38.3. The number of rotatable bonds is 2. The molecule has 1 aliphatic rings. The molecule has 0 unspecified atom stereocenters. The Kier molecular flexibility index (Phi) is 3.73. The van der Waals surface area contributed by atoms with E-state index in [0.29, 0.717) is 22.6 Å².